The third-order valence-corrected chi connectivity index (χ3v) is 3.67. The van der Waals surface area contributed by atoms with Gasteiger partial charge in [0.1, 0.15) is 5.75 Å². The van der Waals surface area contributed by atoms with E-state index in [0.717, 1.165) is 0 Å². The summed E-state index contributed by atoms with van der Waals surface area (Å²) in [6, 6.07) is 11.1. The molecule has 0 unspecified atom stereocenters. The van der Waals surface area contributed by atoms with Crippen molar-refractivity contribution in [2.24, 2.45) is 0 Å². The molecule has 0 saturated carbocycles. The molecule has 0 aromatic heterocycles. The van der Waals surface area contributed by atoms with Crippen LogP contribution in [0, 0.1) is 0 Å². The number of benzene rings is 2. The summed E-state index contributed by atoms with van der Waals surface area (Å²) in [5.41, 5.74) is -0.111. The molecule has 2 aromatic rings. The van der Waals surface area contributed by atoms with E-state index in [2.05, 4.69) is 0 Å². The van der Waals surface area contributed by atoms with Crippen molar-refractivity contribution in [3.8, 4) is 5.75 Å². The summed E-state index contributed by atoms with van der Waals surface area (Å²) < 4.78 is 38.8. The first kappa shape index (κ1) is 15.1. The molecule has 1 aliphatic rings. The van der Waals surface area contributed by atoms with E-state index in [1.165, 1.54) is 49.6 Å². The molecule has 0 amide bonds. The highest BCUT2D eigenvalue weighted by molar-refractivity contribution is 6.03. The third-order valence-electron chi connectivity index (χ3n) is 3.67. The number of ether oxygens (including phenoxy) is 2. The fraction of sp³-hybridized carbons (Fsp3) is 0.176. The summed E-state index contributed by atoms with van der Waals surface area (Å²) in [5, 5.41) is 0. The molecular formula is C17H12F2O4. The SMILES string of the molecule is COc1ccc(C(=O)C(F)(F)[C@@H]2OC(=O)c3ccccc32)cc1. The van der Waals surface area contributed by atoms with E-state index in [1.807, 2.05) is 0 Å². The number of carbonyl (C=O) groups is 2. The molecule has 118 valence electrons. The topological polar surface area (TPSA) is 52.6 Å². The Morgan fingerprint density at radius 3 is 2.43 bits per heavy atom. The second-order valence-electron chi connectivity index (χ2n) is 5.05. The van der Waals surface area contributed by atoms with Gasteiger partial charge in [0.2, 0.25) is 5.78 Å². The highest BCUT2D eigenvalue weighted by Gasteiger charge is 2.54. The molecule has 2 aromatic carbocycles. The Bertz CT molecular complexity index is 768. The first-order chi connectivity index (χ1) is 10.9. The van der Waals surface area contributed by atoms with Gasteiger partial charge in [0.05, 0.1) is 12.7 Å². The van der Waals surface area contributed by atoms with Gasteiger partial charge in [-0.25, -0.2) is 4.79 Å². The van der Waals surface area contributed by atoms with Gasteiger partial charge in [-0.2, -0.15) is 8.78 Å². The first-order valence-corrected chi connectivity index (χ1v) is 6.81. The largest absolute Gasteiger partial charge is 0.497 e. The number of hydrogen-bond acceptors (Lipinski definition) is 4. The monoisotopic (exact) mass is 318 g/mol. The van der Waals surface area contributed by atoms with Gasteiger partial charge in [-0.05, 0) is 30.3 Å². The van der Waals surface area contributed by atoms with Crippen LogP contribution >= 0.6 is 0 Å². The van der Waals surface area contributed by atoms with Crippen molar-refractivity contribution >= 4 is 11.8 Å². The van der Waals surface area contributed by atoms with Crippen LogP contribution in [-0.4, -0.2) is 24.8 Å². The van der Waals surface area contributed by atoms with Gasteiger partial charge in [-0.15, -0.1) is 0 Å². The molecule has 0 bridgehead atoms. The highest BCUT2D eigenvalue weighted by atomic mass is 19.3. The van der Waals surface area contributed by atoms with E-state index < -0.39 is 23.8 Å². The Hall–Kier alpha value is -2.76. The zero-order chi connectivity index (χ0) is 16.6. The smallest absolute Gasteiger partial charge is 0.349 e. The maximum Gasteiger partial charge on any atom is 0.349 e. The lowest BCUT2D eigenvalue weighted by Crippen LogP contribution is -2.36. The van der Waals surface area contributed by atoms with Crippen molar-refractivity contribution in [1.29, 1.82) is 0 Å². The second kappa shape index (κ2) is 5.46. The van der Waals surface area contributed by atoms with E-state index in [9.17, 15) is 18.4 Å². The number of halogens is 2. The van der Waals surface area contributed by atoms with E-state index >= 15 is 0 Å². The molecule has 1 heterocycles. The van der Waals surface area contributed by atoms with Gasteiger partial charge < -0.3 is 9.47 Å². The fourth-order valence-electron chi connectivity index (χ4n) is 2.47. The Morgan fingerprint density at radius 1 is 1.13 bits per heavy atom. The molecule has 6 heteroatoms. The fourth-order valence-corrected chi connectivity index (χ4v) is 2.47. The number of cyclic esters (lactones) is 1. The Labute approximate surface area is 130 Å². The Kier molecular flexibility index (Phi) is 3.60. The number of alkyl halides is 2. The molecule has 23 heavy (non-hydrogen) atoms. The van der Waals surface area contributed by atoms with Crippen LogP contribution in [0.3, 0.4) is 0 Å². The lowest BCUT2D eigenvalue weighted by Gasteiger charge is -2.21. The number of Topliss-reactive ketones (excluding diaryl/α,β-unsaturated/α-hetero) is 1. The average molecular weight is 318 g/mol. The summed E-state index contributed by atoms with van der Waals surface area (Å²) in [6.07, 6.45) is -1.92. The molecule has 0 spiro atoms. The van der Waals surface area contributed by atoms with E-state index in [1.54, 1.807) is 6.07 Å². The van der Waals surface area contributed by atoms with E-state index in [-0.39, 0.29) is 16.7 Å². The van der Waals surface area contributed by atoms with Crippen LogP contribution in [0.5, 0.6) is 5.75 Å². The van der Waals surface area contributed by atoms with Crippen LogP contribution in [0.4, 0.5) is 8.78 Å². The molecule has 0 N–H and O–H groups in total. The molecule has 1 atom stereocenters. The number of hydrogen-bond donors (Lipinski definition) is 0. The summed E-state index contributed by atoms with van der Waals surface area (Å²) in [6.45, 7) is 0. The summed E-state index contributed by atoms with van der Waals surface area (Å²) >= 11 is 0. The molecule has 4 nitrogen and oxygen atoms in total. The lowest BCUT2D eigenvalue weighted by molar-refractivity contribution is -0.0820. The highest BCUT2D eigenvalue weighted by Crippen LogP contribution is 2.43. The number of carbonyl (C=O) groups excluding carboxylic acids is 2. The van der Waals surface area contributed by atoms with Gasteiger partial charge in [0.15, 0.2) is 6.10 Å². The maximum absolute atomic E-state index is 14.6. The van der Waals surface area contributed by atoms with Crippen molar-refractivity contribution < 1.29 is 27.8 Å². The molecule has 0 radical (unpaired) electrons. The number of rotatable bonds is 4. The number of methoxy groups -OCH3 is 1. The molecule has 3 rings (SSSR count). The average Bonchev–Trinajstić information content (AvgIpc) is 2.92. The van der Waals surface area contributed by atoms with Crippen LogP contribution in [0.2, 0.25) is 0 Å². The molecule has 0 aliphatic carbocycles. The minimum Gasteiger partial charge on any atom is -0.497 e. The Balaban J connectivity index is 1.95. The standard InChI is InChI=1S/C17H12F2O4/c1-22-11-8-6-10(7-9-11)14(20)17(18,19)15-12-4-2-3-5-13(12)16(21)23-15/h2-9,15H,1H3/t15-/m1/s1. The normalized spacial score (nSPS) is 16.7. The van der Waals surface area contributed by atoms with Crippen molar-refractivity contribution in [2.45, 2.75) is 12.0 Å². The van der Waals surface area contributed by atoms with Gasteiger partial charge in [0, 0.05) is 11.1 Å². The quantitative estimate of drug-likeness (QED) is 0.640. The molecule has 0 saturated heterocycles. The lowest BCUT2D eigenvalue weighted by atomic mass is 9.95. The van der Waals surface area contributed by atoms with Crippen molar-refractivity contribution in [2.75, 3.05) is 7.11 Å². The minimum absolute atomic E-state index is 0.0179. The number of fused-ring (bicyclic) bond motifs is 1. The Morgan fingerprint density at radius 2 is 1.78 bits per heavy atom. The van der Waals surface area contributed by atoms with Crippen LogP contribution in [0.1, 0.15) is 32.4 Å². The first-order valence-electron chi connectivity index (χ1n) is 6.81. The van der Waals surface area contributed by atoms with E-state index in [4.69, 9.17) is 9.47 Å². The second-order valence-corrected chi connectivity index (χ2v) is 5.05. The summed E-state index contributed by atoms with van der Waals surface area (Å²) in [7, 11) is 1.43. The zero-order valence-corrected chi connectivity index (χ0v) is 12.1. The van der Waals surface area contributed by atoms with Gasteiger partial charge >= 0.3 is 11.9 Å². The van der Waals surface area contributed by atoms with Crippen LogP contribution in [0.25, 0.3) is 0 Å². The molecule has 0 fully saturated rings. The zero-order valence-electron chi connectivity index (χ0n) is 12.1. The maximum atomic E-state index is 14.6. The van der Waals surface area contributed by atoms with Crippen LogP contribution in [-0.2, 0) is 4.74 Å². The van der Waals surface area contributed by atoms with Crippen molar-refractivity contribution in [3.63, 3.8) is 0 Å². The van der Waals surface area contributed by atoms with E-state index in [0.29, 0.717) is 5.75 Å². The van der Waals surface area contributed by atoms with Crippen LogP contribution in [0.15, 0.2) is 48.5 Å². The number of esters is 1. The summed E-state index contributed by atoms with van der Waals surface area (Å²) in [5.74, 6) is -5.68. The summed E-state index contributed by atoms with van der Waals surface area (Å²) in [4.78, 5) is 23.9. The van der Waals surface area contributed by atoms with Crippen molar-refractivity contribution in [1.82, 2.24) is 0 Å². The van der Waals surface area contributed by atoms with Crippen molar-refractivity contribution in [3.05, 3.63) is 65.2 Å². The molecular weight excluding hydrogens is 306 g/mol. The van der Waals surface area contributed by atoms with Gasteiger partial charge in [-0.1, -0.05) is 18.2 Å². The number of ketones is 1. The molecule has 1 aliphatic heterocycles. The predicted molar refractivity (Wildman–Crippen MR) is 76.9 cm³/mol. The van der Waals surface area contributed by atoms with Crippen LogP contribution < -0.4 is 4.74 Å². The third kappa shape index (κ3) is 2.46. The predicted octanol–water partition coefficient (Wildman–Crippen LogP) is 3.42. The minimum atomic E-state index is -3.86. The van der Waals surface area contributed by atoms with Gasteiger partial charge in [0.25, 0.3) is 0 Å². The van der Waals surface area contributed by atoms with Gasteiger partial charge in [-0.3, -0.25) is 4.79 Å².